The number of halogens is 3. The van der Waals surface area contributed by atoms with Crippen LogP contribution in [0.5, 0.6) is 0 Å². The maximum Gasteiger partial charge on any atom is 0.422 e. The molecule has 1 atom stereocenters. The SMILES string of the molecule is O=C(O)/C=C/c1ccc(S(=O)(=O)C2CCN(CC(O)(c3cn(Cc4ccccc4)c4cc([N+](=O)[O-])ccc34)C(F)(F)F)CC2)cc1. The van der Waals surface area contributed by atoms with E-state index in [1.165, 1.54) is 58.1 Å². The number of carboxylic acids is 1. The zero-order chi connectivity index (χ0) is 33.3. The van der Waals surface area contributed by atoms with Crippen LogP contribution in [-0.4, -0.2) is 70.1 Å². The molecule has 1 aliphatic rings. The van der Waals surface area contributed by atoms with Crippen molar-refractivity contribution >= 4 is 38.5 Å². The number of sulfone groups is 1. The number of piperidine rings is 1. The van der Waals surface area contributed by atoms with Gasteiger partial charge < -0.3 is 14.8 Å². The average molecular weight is 658 g/mol. The van der Waals surface area contributed by atoms with Crippen LogP contribution in [0.3, 0.4) is 0 Å². The molecule has 0 amide bonds. The molecular weight excluding hydrogens is 627 g/mol. The summed E-state index contributed by atoms with van der Waals surface area (Å²) in [6.07, 6.45) is -1.66. The first-order valence-corrected chi connectivity index (χ1v) is 15.8. The third-order valence-electron chi connectivity index (χ3n) is 8.24. The molecule has 2 N–H and O–H groups in total. The van der Waals surface area contributed by atoms with E-state index in [0.29, 0.717) is 5.56 Å². The number of aliphatic hydroxyl groups is 1. The van der Waals surface area contributed by atoms with Crippen LogP contribution in [0.4, 0.5) is 18.9 Å². The van der Waals surface area contributed by atoms with Gasteiger partial charge in [-0.1, -0.05) is 42.5 Å². The molecule has 4 aromatic rings. The van der Waals surface area contributed by atoms with Crippen molar-refractivity contribution in [1.82, 2.24) is 9.47 Å². The number of alkyl halides is 3. The van der Waals surface area contributed by atoms with Gasteiger partial charge >= 0.3 is 12.1 Å². The Morgan fingerprint density at radius 3 is 2.26 bits per heavy atom. The number of rotatable bonds is 10. The van der Waals surface area contributed by atoms with Crippen LogP contribution >= 0.6 is 0 Å². The van der Waals surface area contributed by atoms with E-state index < -0.39 is 49.9 Å². The van der Waals surface area contributed by atoms with E-state index in [-0.39, 0.29) is 54.0 Å². The van der Waals surface area contributed by atoms with Crippen LogP contribution in [0.15, 0.2) is 90.0 Å². The van der Waals surface area contributed by atoms with Gasteiger partial charge in [0.15, 0.2) is 9.84 Å². The molecule has 0 saturated carbocycles. The number of β-amino-alcohol motifs (C(OH)–C–C–N with tert-alkyl or cyclic N) is 1. The van der Waals surface area contributed by atoms with Crippen LogP contribution < -0.4 is 0 Å². The third kappa shape index (κ3) is 6.69. The fourth-order valence-corrected chi connectivity index (χ4v) is 7.52. The molecule has 1 aliphatic heterocycles. The van der Waals surface area contributed by atoms with Crippen molar-refractivity contribution in [2.24, 2.45) is 0 Å². The summed E-state index contributed by atoms with van der Waals surface area (Å²) in [4.78, 5) is 23.0. The van der Waals surface area contributed by atoms with Crippen molar-refractivity contribution in [3.05, 3.63) is 112 Å². The third-order valence-corrected chi connectivity index (χ3v) is 10.5. The lowest BCUT2D eigenvalue weighted by Crippen LogP contribution is -2.53. The smallest absolute Gasteiger partial charge is 0.422 e. The average Bonchev–Trinajstić information content (AvgIpc) is 3.38. The van der Waals surface area contributed by atoms with Crippen LogP contribution in [0.2, 0.25) is 0 Å². The molecular formula is C32H30F3N3O7S. The molecule has 242 valence electrons. The van der Waals surface area contributed by atoms with E-state index in [0.717, 1.165) is 17.7 Å². The molecule has 0 spiro atoms. The first kappa shape index (κ1) is 32.9. The molecule has 0 radical (unpaired) electrons. The first-order chi connectivity index (χ1) is 21.7. The Labute approximate surface area is 262 Å². The second-order valence-corrected chi connectivity index (χ2v) is 13.5. The van der Waals surface area contributed by atoms with E-state index in [4.69, 9.17) is 5.11 Å². The maximum absolute atomic E-state index is 14.8. The van der Waals surface area contributed by atoms with Crippen LogP contribution in [-0.2, 0) is 26.8 Å². The first-order valence-electron chi connectivity index (χ1n) is 14.3. The summed E-state index contributed by atoms with van der Waals surface area (Å²) in [5.41, 5.74) is -2.74. The standard InChI is InChI=1S/C32H30F3N3O7S/c33-32(34,35)31(41,28-20-37(19-23-4-2-1-3-5-23)29-18-24(38(42)43)9-12-27(28)29)21-36-16-14-26(15-17-36)46(44,45)25-10-6-22(7-11-25)8-13-30(39)40/h1-13,18,20,26,41H,14-17,19,21H2,(H,39,40)/b13-8+. The summed E-state index contributed by atoms with van der Waals surface area (Å²) in [5, 5.41) is 30.9. The highest BCUT2D eigenvalue weighted by Crippen LogP contribution is 2.44. The summed E-state index contributed by atoms with van der Waals surface area (Å²) >= 11 is 0. The summed E-state index contributed by atoms with van der Waals surface area (Å²) in [6.45, 7) is -0.826. The number of fused-ring (bicyclic) bond motifs is 1. The van der Waals surface area contributed by atoms with Crippen molar-refractivity contribution in [2.45, 2.75) is 41.3 Å². The molecule has 14 heteroatoms. The topological polar surface area (TPSA) is 143 Å². The number of hydrogen-bond donors (Lipinski definition) is 2. The van der Waals surface area contributed by atoms with Crippen molar-refractivity contribution < 1.29 is 41.5 Å². The van der Waals surface area contributed by atoms with Crippen LogP contribution in [0, 0.1) is 10.1 Å². The second-order valence-electron chi connectivity index (χ2n) is 11.2. The Kier molecular flexibility index (Phi) is 9.07. The number of hydrogen-bond acceptors (Lipinski definition) is 7. The van der Waals surface area contributed by atoms with Crippen molar-refractivity contribution in [1.29, 1.82) is 0 Å². The largest absolute Gasteiger partial charge is 0.478 e. The maximum atomic E-state index is 14.8. The highest BCUT2D eigenvalue weighted by molar-refractivity contribution is 7.92. The normalized spacial score (nSPS) is 16.5. The zero-order valence-corrected chi connectivity index (χ0v) is 25.1. The Hall–Kier alpha value is -4.53. The lowest BCUT2D eigenvalue weighted by atomic mass is 9.91. The van der Waals surface area contributed by atoms with E-state index in [1.807, 2.05) is 0 Å². The molecule has 0 bridgehead atoms. The number of carboxylic acid groups (broad SMARTS) is 1. The van der Waals surface area contributed by atoms with Gasteiger partial charge in [-0.15, -0.1) is 0 Å². The van der Waals surface area contributed by atoms with Gasteiger partial charge in [-0.3, -0.25) is 15.0 Å². The molecule has 0 aliphatic carbocycles. The monoisotopic (exact) mass is 657 g/mol. The van der Waals surface area contributed by atoms with Crippen molar-refractivity contribution in [3.63, 3.8) is 0 Å². The Morgan fingerprint density at radius 1 is 1.02 bits per heavy atom. The van der Waals surface area contributed by atoms with Gasteiger partial charge in [-0.2, -0.15) is 13.2 Å². The number of aliphatic carboxylic acids is 1. The minimum atomic E-state index is -5.14. The Morgan fingerprint density at radius 2 is 1.67 bits per heavy atom. The Bertz CT molecular complexity index is 1880. The van der Waals surface area contributed by atoms with Gasteiger partial charge in [0.1, 0.15) is 0 Å². The van der Waals surface area contributed by atoms with Crippen LogP contribution in [0.25, 0.3) is 17.0 Å². The van der Waals surface area contributed by atoms with Crippen LogP contribution in [0.1, 0.15) is 29.5 Å². The number of benzene rings is 3. The minimum Gasteiger partial charge on any atom is -0.478 e. The number of aromatic nitrogens is 1. The fraction of sp³-hybridized carbons (Fsp3) is 0.281. The summed E-state index contributed by atoms with van der Waals surface area (Å²) in [6, 6.07) is 18.0. The molecule has 1 unspecified atom stereocenters. The van der Waals surface area contributed by atoms with Gasteiger partial charge in [0.2, 0.25) is 5.60 Å². The second kappa shape index (κ2) is 12.7. The van der Waals surface area contributed by atoms with Gasteiger partial charge in [0, 0.05) is 48.4 Å². The Balaban J connectivity index is 1.40. The quantitative estimate of drug-likeness (QED) is 0.131. The number of carbonyl (C=O) groups is 1. The molecule has 2 heterocycles. The lowest BCUT2D eigenvalue weighted by molar-refractivity contribution is -0.384. The van der Waals surface area contributed by atoms with Crippen molar-refractivity contribution in [3.8, 4) is 0 Å². The van der Waals surface area contributed by atoms with E-state index in [2.05, 4.69) is 0 Å². The molecule has 1 aromatic heterocycles. The summed E-state index contributed by atoms with van der Waals surface area (Å²) < 4.78 is 72.5. The number of nitrogens with zero attached hydrogens (tertiary/aromatic N) is 3. The lowest BCUT2D eigenvalue weighted by Gasteiger charge is -2.38. The summed E-state index contributed by atoms with van der Waals surface area (Å²) in [5.74, 6) is -1.15. The molecule has 10 nitrogen and oxygen atoms in total. The highest BCUT2D eigenvalue weighted by Gasteiger charge is 2.57. The van der Waals surface area contributed by atoms with E-state index >= 15 is 0 Å². The van der Waals surface area contributed by atoms with Crippen molar-refractivity contribution in [2.75, 3.05) is 19.6 Å². The molecule has 5 rings (SSSR count). The minimum absolute atomic E-state index is 0.0143. The van der Waals surface area contributed by atoms with Gasteiger partial charge in [-0.25, -0.2) is 13.2 Å². The fourth-order valence-electron chi connectivity index (χ4n) is 5.79. The number of nitro benzene ring substituents is 1. The summed E-state index contributed by atoms with van der Waals surface area (Å²) in [7, 11) is -3.83. The highest BCUT2D eigenvalue weighted by atomic mass is 32.2. The van der Waals surface area contributed by atoms with Gasteiger partial charge in [0.05, 0.1) is 20.6 Å². The number of likely N-dealkylation sites (tertiary alicyclic amines) is 1. The predicted molar refractivity (Wildman–Crippen MR) is 164 cm³/mol. The van der Waals surface area contributed by atoms with E-state index in [1.54, 1.807) is 30.3 Å². The van der Waals surface area contributed by atoms with E-state index in [9.17, 15) is 41.6 Å². The molecule has 1 fully saturated rings. The zero-order valence-electron chi connectivity index (χ0n) is 24.3. The molecule has 1 saturated heterocycles. The van der Waals surface area contributed by atoms with Gasteiger partial charge in [-0.05, 0) is 61.3 Å². The predicted octanol–water partition coefficient (Wildman–Crippen LogP) is 5.38. The number of nitro groups is 1. The van der Waals surface area contributed by atoms with Gasteiger partial charge in [0.25, 0.3) is 5.69 Å². The molecule has 3 aromatic carbocycles. The molecule has 46 heavy (non-hydrogen) atoms. The number of non-ortho nitro benzene ring substituents is 1.